The number of methoxy groups -OCH3 is 1. The average Bonchev–Trinajstić information content (AvgIpc) is 2.16. The normalized spacial score (nSPS) is 12.8. The van der Waals surface area contributed by atoms with Gasteiger partial charge in [0.1, 0.15) is 0 Å². The molecular formula is C12H24O. The van der Waals surface area contributed by atoms with E-state index in [1.807, 2.05) is 6.08 Å². The molecule has 0 amide bonds. The van der Waals surface area contributed by atoms with Crippen molar-refractivity contribution in [3.05, 3.63) is 12.7 Å². The summed E-state index contributed by atoms with van der Waals surface area (Å²) in [7, 11) is 1.79. The zero-order valence-electron chi connectivity index (χ0n) is 9.22. The van der Waals surface area contributed by atoms with Crippen molar-refractivity contribution in [2.75, 3.05) is 7.11 Å². The molecule has 0 rings (SSSR count). The van der Waals surface area contributed by atoms with Gasteiger partial charge in [0.05, 0.1) is 6.10 Å². The van der Waals surface area contributed by atoms with Crippen LogP contribution in [0.25, 0.3) is 0 Å². The fourth-order valence-electron chi connectivity index (χ4n) is 1.49. The van der Waals surface area contributed by atoms with Gasteiger partial charge in [0.2, 0.25) is 0 Å². The Kier molecular flexibility index (Phi) is 9.56. The number of hydrogen-bond donors (Lipinski definition) is 0. The van der Waals surface area contributed by atoms with Gasteiger partial charge in [0, 0.05) is 7.11 Å². The number of unbranched alkanes of at least 4 members (excludes halogenated alkanes) is 4. The molecule has 13 heavy (non-hydrogen) atoms. The zero-order valence-corrected chi connectivity index (χ0v) is 9.22. The number of ether oxygens (including phenoxy) is 1. The lowest BCUT2D eigenvalue weighted by molar-refractivity contribution is 0.0953. The highest BCUT2D eigenvalue weighted by atomic mass is 16.5. The lowest BCUT2D eigenvalue weighted by Crippen LogP contribution is -2.08. The van der Waals surface area contributed by atoms with Crippen LogP contribution in [-0.4, -0.2) is 13.2 Å². The summed E-state index contributed by atoms with van der Waals surface area (Å²) in [5, 5.41) is 0. The van der Waals surface area contributed by atoms with Gasteiger partial charge in [-0.15, -0.1) is 6.58 Å². The van der Waals surface area contributed by atoms with Crippen LogP contribution < -0.4 is 0 Å². The van der Waals surface area contributed by atoms with Crippen LogP contribution in [0.3, 0.4) is 0 Å². The van der Waals surface area contributed by atoms with Crippen LogP contribution in [0.2, 0.25) is 0 Å². The molecule has 1 atom stereocenters. The van der Waals surface area contributed by atoms with Gasteiger partial charge in [0.25, 0.3) is 0 Å². The Balaban J connectivity index is 3.22. The minimum atomic E-state index is 0.402. The molecule has 0 spiro atoms. The molecule has 0 aromatic carbocycles. The molecular weight excluding hydrogens is 160 g/mol. The van der Waals surface area contributed by atoms with E-state index in [1.54, 1.807) is 7.11 Å². The molecule has 78 valence electrons. The van der Waals surface area contributed by atoms with E-state index in [2.05, 4.69) is 13.5 Å². The van der Waals surface area contributed by atoms with Gasteiger partial charge in [-0.25, -0.2) is 0 Å². The fourth-order valence-corrected chi connectivity index (χ4v) is 1.49. The monoisotopic (exact) mass is 184 g/mol. The SMILES string of the molecule is C=CC[C@H](CCCCCCC)OC. The van der Waals surface area contributed by atoms with Crippen molar-refractivity contribution in [2.24, 2.45) is 0 Å². The van der Waals surface area contributed by atoms with Gasteiger partial charge in [-0.05, 0) is 12.8 Å². The Morgan fingerprint density at radius 3 is 2.46 bits per heavy atom. The van der Waals surface area contributed by atoms with E-state index < -0.39 is 0 Å². The van der Waals surface area contributed by atoms with Crippen molar-refractivity contribution in [3.8, 4) is 0 Å². The van der Waals surface area contributed by atoms with Crippen LogP contribution in [0, 0.1) is 0 Å². The highest BCUT2D eigenvalue weighted by Crippen LogP contribution is 2.11. The molecule has 0 aromatic heterocycles. The van der Waals surface area contributed by atoms with Crippen molar-refractivity contribution in [3.63, 3.8) is 0 Å². The molecule has 0 N–H and O–H groups in total. The first-order valence-electron chi connectivity index (χ1n) is 5.48. The summed E-state index contributed by atoms with van der Waals surface area (Å²) in [5.41, 5.74) is 0. The Labute approximate surface area is 83.2 Å². The summed E-state index contributed by atoms with van der Waals surface area (Å²) < 4.78 is 5.33. The first-order valence-corrected chi connectivity index (χ1v) is 5.48. The molecule has 0 heterocycles. The van der Waals surface area contributed by atoms with E-state index in [0.717, 1.165) is 6.42 Å². The number of rotatable bonds is 9. The molecule has 0 fully saturated rings. The molecule has 0 bridgehead atoms. The van der Waals surface area contributed by atoms with Gasteiger partial charge >= 0.3 is 0 Å². The second-order valence-electron chi connectivity index (χ2n) is 3.58. The third-order valence-corrected chi connectivity index (χ3v) is 2.39. The molecule has 0 aromatic rings. The van der Waals surface area contributed by atoms with Crippen molar-refractivity contribution >= 4 is 0 Å². The molecule has 0 saturated carbocycles. The second kappa shape index (κ2) is 9.79. The van der Waals surface area contributed by atoms with Crippen LogP contribution in [-0.2, 0) is 4.74 Å². The Hall–Kier alpha value is -0.300. The standard InChI is InChI=1S/C12H24O/c1-4-6-7-8-9-11-12(13-3)10-5-2/h5,12H,2,4,6-11H2,1,3H3/t12-/m1/s1. The largest absolute Gasteiger partial charge is 0.381 e. The molecule has 1 heteroatoms. The predicted molar refractivity (Wildman–Crippen MR) is 59.0 cm³/mol. The van der Waals surface area contributed by atoms with Crippen LogP contribution in [0.15, 0.2) is 12.7 Å². The average molecular weight is 184 g/mol. The number of hydrogen-bond acceptors (Lipinski definition) is 1. The Morgan fingerprint density at radius 1 is 1.23 bits per heavy atom. The van der Waals surface area contributed by atoms with Crippen LogP contribution >= 0.6 is 0 Å². The summed E-state index contributed by atoms with van der Waals surface area (Å²) >= 11 is 0. The first kappa shape index (κ1) is 12.7. The highest BCUT2D eigenvalue weighted by Gasteiger charge is 2.03. The van der Waals surface area contributed by atoms with E-state index in [0.29, 0.717) is 6.10 Å². The summed E-state index contributed by atoms with van der Waals surface area (Å²) in [6.07, 6.45) is 11.2. The van der Waals surface area contributed by atoms with Crippen LogP contribution in [0.5, 0.6) is 0 Å². The lowest BCUT2D eigenvalue weighted by atomic mass is 10.1. The van der Waals surface area contributed by atoms with Gasteiger partial charge in [-0.2, -0.15) is 0 Å². The minimum absolute atomic E-state index is 0.402. The van der Waals surface area contributed by atoms with Gasteiger partial charge in [-0.1, -0.05) is 45.1 Å². The van der Waals surface area contributed by atoms with Gasteiger partial charge in [-0.3, -0.25) is 0 Å². The van der Waals surface area contributed by atoms with E-state index >= 15 is 0 Å². The Bertz CT molecular complexity index is 110. The van der Waals surface area contributed by atoms with Crippen molar-refractivity contribution in [2.45, 2.75) is 58.0 Å². The third kappa shape index (κ3) is 8.04. The van der Waals surface area contributed by atoms with E-state index in [9.17, 15) is 0 Å². The lowest BCUT2D eigenvalue weighted by Gasteiger charge is -2.12. The third-order valence-electron chi connectivity index (χ3n) is 2.39. The van der Waals surface area contributed by atoms with Crippen LogP contribution in [0.4, 0.5) is 0 Å². The zero-order chi connectivity index (χ0) is 9.94. The summed E-state index contributed by atoms with van der Waals surface area (Å²) in [4.78, 5) is 0. The predicted octanol–water partition coefficient (Wildman–Crippen LogP) is 3.94. The fraction of sp³-hybridized carbons (Fsp3) is 0.833. The molecule has 1 nitrogen and oxygen atoms in total. The Morgan fingerprint density at radius 2 is 1.92 bits per heavy atom. The second-order valence-corrected chi connectivity index (χ2v) is 3.58. The van der Waals surface area contributed by atoms with E-state index in [1.165, 1.54) is 38.5 Å². The molecule has 0 aliphatic carbocycles. The quantitative estimate of drug-likeness (QED) is 0.389. The molecule has 0 unspecified atom stereocenters. The topological polar surface area (TPSA) is 9.23 Å². The molecule has 0 radical (unpaired) electrons. The highest BCUT2D eigenvalue weighted by molar-refractivity contribution is 4.73. The molecule has 0 saturated heterocycles. The van der Waals surface area contributed by atoms with E-state index in [-0.39, 0.29) is 0 Å². The maximum absolute atomic E-state index is 5.33. The van der Waals surface area contributed by atoms with Gasteiger partial charge in [0.15, 0.2) is 0 Å². The smallest absolute Gasteiger partial charge is 0.0605 e. The van der Waals surface area contributed by atoms with Crippen molar-refractivity contribution < 1.29 is 4.74 Å². The van der Waals surface area contributed by atoms with Crippen molar-refractivity contribution in [1.82, 2.24) is 0 Å². The van der Waals surface area contributed by atoms with Crippen molar-refractivity contribution in [1.29, 1.82) is 0 Å². The summed E-state index contributed by atoms with van der Waals surface area (Å²) in [6.45, 7) is 5.97. The summed E-state index contributed by atoms with van der Waals surface area (Å²) in [5.74, 6) is 0. The minimum Gasteiger partial charge on any atom is -0.381 e. The van der Waals surface area contributed by atoms with Gasteiger partial charge < -0.3 is 4.74 Å². The molecule has 0 aliphatic rings. The van der Waals surface area contributed by atoms with Crippen LogP contribution in [0.1, 0.15) is 51.9 Å². The summed E-state index contributed by atoms with van der Waals surface area (Å²) in [6, 6.07) is 0. The van der Waals surface area contributed by atoms with E-state index in [4.69, 9.17) is 4.74 Å². The molecule has 0 aliphatic heterocycles. The maximum Gasteiger partial charge on any atom is 0.0605 e. The first-order chi connectivity index (χ1) is 6.35. The maximum atomic E-state index is 5.33.